The van der Waals surface area contributed by atoms with Crippen LogP contribution in [-0.2, 0) is 11.3 Å². The van der Waals surface area contributed by atoms with Crippen LogP contribution in [0.2, 0.25) is 0 Å². The quantitative estimate of drug-likeness (QED) is 0.834. The molecule has 1 saturated heterocycles. The third kappa shape index (κ3) is 4.11. The largest absolute Gasteiger partial charge is 0.341 e. The predicted molar refractivity (Wildman–Crippen MR) is 99.4 cm³/mol. The molecule has 2 aromatic rings. The summed E-state index contributed by atoms with van der Waals surface area (Å²) in [7, 11) is 1.90. The van der Waals surface area contributed by atoms with Gasteiger partial charge in [0.15, 0.2) is 0 Å². The molecule has 0 aliphatic carbocycles. The second-order valence-corrected chi connectivity index (χ2v) is 6.16. The molecule has 0 saturated carbocycles. The van der Waals surface area contributed by atoms with Crippen molar-refractivity contribution < 1.29 is 4.79 Å². The smallest absolute Gasteiger partial charge is 0.273 e. The van der Waals surface area contributed by atoms with Crippen molar-refractivity contribution in [2.24, 2.45) is 0 Å². The molecule has 0 radical (unpaired) electrons. The fourth-order valence-electron chi connectivity index (χ4n) is 3.21. The van der Waals surface area contributed by atoms with Crippen molar-refractivity contribution in [3.63, 3.8) is 0 Å². The Hall–Kier alpha value is -2.12. The molecule has 136 valence electrons. The summed E-state index contributed by atoms with van der Waals surface area (Å²) in [6, 6.07) is 7.03. The molecule has 8 heteroatoms. The number of amides is 1. The highest BCUT2D eigenvalue weighted by molar-refractivity contribution is 5.85. The van der Waals surface area contributed by atoms with Crippen molar-refractivity contribution in [2.45, 2.75) is 31.8 Å². The number of halogens is 1. The number of aryl methyl sites for hydroxylation is 1. The lowest BCUT2D eigenvalue weighted by atomic mass is 10.1. The molecule has 1 amide bonds. The SMILES string of the molecule is CNC1CCCN(C(=O)CCn2[nH]c(=O)c3ccccc3c2=O)C1.Cl. The summed E-state index contributed by atoms with van der Waals surface area (Å²) < 4.78 is 1.24. The fraction of sp³-hybridized carbons (Fsp3) is 0.471. The zero-order valence-electron chi connectivity index (χ0n) is 14.2. The number of rotatable bonds is 4. The number of H-pyrrole nitrogens is 1. The van der Waals surface area contributed by atoms with Gasteiger partial charge in [0.05, 0.1) is 17.3 Å². The van der Waals surface area contributed by atoms with E-state index in [1.807, 2.05) is 11.9 Å². The van der Waals surface area contributed by atoms with Gasteiger partial charge in [-0.25, -0.2) is 4.68 Å². The molecule has 25 heavy (non-hydrogen) atoms. The number of likely N-dealkylation sites (N-methyl/N-ethyl adjacent to an activating group) is 1. The van der Waals surface area contributed by atoms with Gasteiger partial charge in [-0.05, 0) is 32.0 Å². The van der Waals surface area contributed by atoms with Crippen LogP contribution in [-0.4, -0.2) is 46.8 Å². The molecule has 1 atom stereocenters. The summed E-state index contributed by atoms with van der Waals surface area (Å²) in [5, 5.41) is 6.51. The number of aromatic nitrogens is 2. The molecule has 3 rings (SSSR count). The van der Waals surface area contributed by atoms with E-state index in [0.717, 1.165) is 19.4 Å². The maximum absolute atomic E-state index is 12.4. The predicted octanol–water partition coefficient (Wildman–Crippen LogP) is 0.712. The molecule has 1 aromatic carbocycles. The normalized spacial score (nSPS) is 17.3. The lowest BCUT2D eigenvalue weighted by Gasteiger charge is -2.32. The number of fused-ring (bicyclic) bond motifs is 1. The zero-order valence-corrected chi connectivity index (χ0v) is 15.0. The van der Waals surface area contributed by atoms with E-state index in [-0.39, 0.29) is 42.4 Å². The van der Waals surface area contributed by atoms with Gasteiger partial charge in [-0.2, -0.15) is 0 Å². The minimum absolute atomic E-state index is 0. The van der Waals surface area contributed by atoms with E-state index < -0.39 is 0 Å². The summed E-state index contributed by atoms with van der Waals surface area (Å²) in [6.45, 7) is 1.62. The number of nitrogens with one attached hydrogen (secondary N) is 2. The maximum atomic E-state index is 12.4. The lowest BCUT2D eigenvalue weighted by Crippen LogP contribution is -2.47. The number of benzene rings is 1. The second-order valence-electron chi connectivity index (χ2n) is 6.16. The standard InChI is InChI=1S/C17H22N4O3.ClH/c1-18-12-5-4-9-20(11-12)15(22)8-10-21-17(24)14-7-3-2-6-13(14)16(23)19-21;/h2-3,6-7,12,18H,4-5,8-11H2,1H3,(H,19,23);1H. The van der Waals surface area contributed by atoms with E-state index in [1.54, 1.807) is 24.3 Å². The summed E-state index contributed by atoms with van der Waals surface area (Å²) in [5.41, 5.74) is -0.587. The Bertz CT molecular complexity index is 861. The molecule has 1 aliphatic heterocycles. The number of carbonyl (C=O) groups excluding carboxylic acids is 1. The number of hydrogen-bond acceptors (Lipinski definition) is 4. The highest BCUT2D eigenvalue weighted by atomic mass is 35.5. The number of hydrogen-bond donors (Lipinski definition) is 2. The minimum Gasteiger partial charge on any atom is -0.341 e. The number of likely N-dealkylation sites (tertiary alicyclic amines) is 1. The van der Waals surface area contributed by atoms with Crippen LogP contribution in [0.5, 0.6) is 0 Å². The molecule has 7 nitrogen and oxygen atoms in total. The van der Waals surface area contributed by atoms with E-state index in [4.69, 9.17) is 0 Å². The van der Waals surface area contributed by atoms with Gasteiger partial charge in [-0.3, -0.25) is 19.5 Å². The summed E-state index contributed by atoms with van der Waals surface area (Å²) >= 11 is 0. The Kier molecular flexibility index (Phi) is 6.39. The van der Waals surface area contributed by atoms with Crippen LogP contribution in [0, 0.1) is 0 Å². The maximum Gasteiger partial charge on any atom is 0.273 e. The highest BCUT2D eigenvalue weighted by Crippen LogP contribution is 2.11. The van der Waals surface area contributed by atoms with Crippen molar-refractivity contribution >= 4 is 29.1 Å². The average molecular weight is 367 g/mol. The van der Waals surface area contributed by atoms with Crippen molar-refractivity contribution in [1.82, 2.24) is 20.0 Å². The van der Waals surface area contributed by atoms with Crippen LogP contribution >= 0.6 is 12.4 Å². The molecular formula is C17H23ClN4O3. The van der Waals surface area contributed by atoms with Gasteiger partial charge < -0.3 is 10.2 Å². The number of piperidine rings is 1. The fourth-order valence-corrected chi connectivity index (χ4v) is 3.21. The van der Waals surface area contributed by atoms with Gasteiger partial charge in [0.2, 0.25) is 5.91 Å². The van der Waals surface area contributed by atoms with Crippen molar-refractivity contribution in [1.29, 1.82) is 0 Å². The lowest BCUT2D eigenvalue weighted by molar-refractivity contribution is -0.132. The Morgan fingerprint density at radius 2 is 2.00 bits per heavy atom. The van der Waals surface area contributed by atoms with Crippen LogP contribution < -0.4 is 16.4 Å². The molecule has 2 heterocycles. The third-order valence-electron chi connectivity index (χ3n) is 4.62. The topological polar surface area (TPSA) is 87.2 Å². The number of nitrogens with zero attached hydrogens (tertiary/aromatic N) is 2. The number of carbonyl (C=O) groups is 1. The highest BCUT2D eigenvalue weighted by Gasteiger charge is 2.22. The van der Waals surface area contributed by atoms with Crippen molar-refractivity contribution in [2.75, 3.05) is 20.1 Å². The van der Waals surface area contributed by atoms with Crippen LogP contribution in [0.25, 0.3) is 10.8 Å². The first kappa shape index (κ1) is 19.2. The molecule has 0 spiro atoms. The van der Waals surface area contributed by atoms with E-state index in [0.29, 0.717) is 23.4 Å². The molecule has 1 aromatic heterocycles. The summed E-state index contributed by atoms with van der Waals surface area (Å²) in [5.74, 6) is 0.0101. The Morgan fingerprint density at radius 1 is 1.28 bits per heavy atom. The summed E-state index contributed by atoms with van der Waals surface area (Å²) in [4.78, 5) is 38.7. The molecule has 0 bridgehead atoms. The van der Waals surface area contributed by atoms with Crippen molar-refractivity contribution in [3.05, 3.63) is 45.0 Å². The van der Waals surface area contributed by atoms with Crippen molar-refractivity contribution in [3.8, 4) is 0 Å². The Morgan fingerprint density at radius 3 is 2.72 bits per heavy atom. The molecule has 1 unspecified atom stereocenters. The molecule has 1 fully saturated rings. The third-order valence-corrected chi connectivity index (χ3v) is 4.62. The van der Waals surface area contributed by atoms with Gasteiger partial charge >= 0.3 is 0 Å². The van der Waals surface area contributed by atoms with Gasteiger partial charge in [0, 0.05) is 25.6 Å². The van der Waals surface area contributed by atoms with E-state index >= 15 is 0 Å². The first-order valence-electron chi connectivity index (χ1n) is 8.27. The van der Waals surface area contributed by atoms with E-state index in [2.05, 4.69) is 10.4 Å². The van der Waals surface area contributed by atoms with Gasteiger partial charge in [-0.1, -0.05) is 12.1 Å². The van der Waals surface area contributed by atoms with Crippen LogP contribution in [0.1, 0.15) is 19.3 Å². The molecule has 1 aliphatic rings. The summed E-state index contributed by atoms with van der Waals surface area (Å²) in [6.07, 6.45) is 2.24. The van der Waals surface area contributed by atoms with Crippen LogP contribution in [0.15, 0.2) is 33.9 Å². The molecule has 2 N–H and O–H groups in total. The van der Waals surface area contributed by atoms with Gasteiger partial charge in [0.25, 0.3) is 11.1 Å². The van der Waals surface area contributed by atoms with E-state index in [9.17, 15) is 14.4 Å². The average Bonchev–Trinajstić information content (AvgIpc) is 2.63. The Balaban J connectivity index is 0.00000225. The zero-order chi connectivity index (χ0) is 17.1. The van der Waals surface area contributed by atoms with E-state index in [1.165, 1.54) is 4.68 Å². The Labute approximate surface area is 151 Å². The van der Waals surface area contributed by atoms with Crippen LogP contribution in [0.3, 0.4) is 0 Å². The second kappa shape index (κ2) is 8.31. The van der Waals surface area contributed by atoms with Gasteiger partial charge in [-0.15, -0.1) is 12.4 Å². The van der Waals surface area contributed by atoms with Crippen LogP contribution in [0.4, 0.5) is 0 Å². The minimum atomic E-state index is -0.314. The van der Waals surface area contributed by atoms with Gasteiger partial charge in [0.1, 0.15) is 0 Å². The monoisotopic (exact) mass is 366 g/mol. The first-order chi connectivity index (χ1) is 11.6. The number of aromatic amines is 1. The first-order valence-corrected chi connectivity index (χ1v) is 8.27. The molecular weight excluding hydrogens is 344 g/mol.